The van der Waals surface area contributed by atoms with Crippen molar-refractivity contribution < 1.29 is 15.3 Å². The van der Waals surface area contributed by atoms with Gasteiger partial charge in [-0.3, -0.25) is 0 Å². The molecule has 12 atom stereocenters. The number of nitrogens with two attached hydrogens (primary N) is 1. The zero-order chi connectivity index (χ0) is 26.5. The van der Waals surface area contributed by atoms with Crippen molar-refractivity contribution in [2.45, 2.75) is 130 Å². The van der Waals surface area contributed by atoms with Gasteiger partial charge in [-0.25, -0.2) is 0 Å². The molecule has 3 saturated carbocycles. The number of hydrogen-bond acceptors (Lipinski definition) is 4. The van der Waals surface area contributed by atoms with Gasteiger partial charge in [0.05, 0.1) is 12.2 Å². The van der Waals surface area contributed by atoms with Crippen molar-refractivity contribution in [3.05, 3.63) is 12.2 Å². The van der Waals surface area contributed by atoms with Gasteiger partial charge in [-0.1, -0.05) is 65.5 Å². The van der Waals surface area contributed by atoms with Crippen LogP contribution in [0.4, 0.5) is 0 Å². The van der Waals surface area contributed by atoms with E-state index in [-0.39, 0.29) is 30.4 Å². The molecule has 0 spiro atoms. The molecule has 11 unspecified atom stereocenters. The first-order valence-corrected chi connectivity index (χ1v) is 15.5. The molecule has 5 N–H and O–H groups in total. The minimum Gasteiger partial charge on any atom is -0.396 e. The summed E-state index contributed by atoms with van der Waals surface area (Å²) < 4.78 is 0. The lowest BCUT2D eigenvalue weighted by molar-refractivity contribution is -0.127. The van der Waals surface area contributed by atoms with E-state index in [1.807, 2.05) is 6.92 Å². The highest BCUT2D eigenvalue weighted by atomic mass is 16.3. The SMILES string of the molecule is C/C=C\CCC1CCC2CCCCC2C1C(N)CC(CO)[C@@H]1CCC(C)C(C)C(C)(C(O)CC)C1O. The number of allylic oxidation sites excluding steroid dienone is 2. The highest BCUT2D eigenvalue weighted by Gasteiger charge is 2.52. The summed E-state index contributed by atoms with van der Waals surface area (Å²) >= 11 is 0. The van der Waals surface area contributed by atoms with Crippen LogP contribution in [0, 0.1) is 52.8 Å². The molecular formula is C32H59NO3. The van der Waals surface area contributed by atoms with Gasteiger partial charge in [-0.15, -0.1) is 0 Å². The van der Waals surface area contributed by atoms with Gasteiger partial charge in [0.2, 0.25) is 0 Å². The Balaban J connectivity index is 1.83. The van der Waals surface area contributed by atoms with E-state index in [9.17, 15) is 15.3 Å². The van der Waals surface area contributed by atoms with Crippen molar-refractivity contribution in [2.24, 2.45) is 58.5 Å². The average Bonchev–Trinajstić information content (AvgIpc) is 2.97. The zero-order valence-corrected chi connectivity index (χ0v) is 24.1. The van der Waals surface area contributed by atoms with Gasteiger partial charge in [0.1, 0.15) is 0 Å². The fourth-order valence-electron chi connectivity index (χ4n) is 9.08. The standard InChI is InChI=1S/C32H59NO3/c1-6-8-9-13-24-17-16-23-12-10-11-14-26(23)30(24)28(33)19-25(20-34)27-18-15-21(3)22(4)32(5,31(27)36)29(35)7-2/h6,8,21-31,34-36H,7,9-20,33H2,1-5H3/b8-6-/t21?,22?,23?,24?,25?,26?,27-,28?,29?,30?,31?,32?/m0/s1. The molecule has 0 aliphatic heterocycles. The quantitative estimate of drug-likeness (QED) is 0.207. The molecule has 3 aliphatic rings. The highest BCUT2D eigenvalue weighted by molar-refractivity contribution is 5.02. The van der Waals surface area contributed by atoms with E-state index in [2.05, 4.69) is 39.8 Å². The summed E-state index contributed by atoms with van der Waals surface area (Å²) in [6.07, 6.45) is 17.0. The lowest BCUT2D eigenvalue weighted by atomic mass is 9.57. The Labute approximate surface area is 222 Å². The second-order valence-corrected chi connectivity index (χ2v) is 13.4. The molecular weight excluding hydrogens is 446 g/mol. The summed E-state index contributed by atoms with van der Waals surface area (Å²) in [5, 5.41) is 33.6. The maximum absolute atomic E-state index is 11.8. The molecule has 0 amide bonds. The van der Waals surface area contributed by atoms with E-state index in [0.29, 0.717) is 24.2 Å². The molecule has 0 aromatic carbocycles. The molecule has 36 heavy (non-hydrogen) atoms. The molecule has 4 heteroatoms. The van der Waals surface area contributed by atoms with Crippen molar-refractivity contribution in [1.29, 1.82) is 0 Å². The Morgan fingerprint density at radius 3 is 2.44 bits per heavy atom. The van der Waals surface area contributed by atoms with Crippen LogP contribution in [0.15, 0.2) is 12.2 Å². The van der Waals surface area contributed by atoms with Crippen LogP contribution in [0.1, 0.15) is 112 Å². The molecule has 0 saturated heterocycles. The van der Waals surface area contributed by atoms with Crippen LogP contribution >= 0.6 is 0 Å². The van der Waals surface area contributed by atoms with Gasteiger partial charge >= 0.3 is 0 Å². The number of fused-ring (bicyclic) bond motifs is 1. The first-order chi connectivity index (χ1) is 17.2. The first-order valence-electron chi connectivity index (χ1n) is 15.5. The predicted molar refractivity (Wildman–Crippen MR) is 150 cm³/mol. The lowest BCUT2D eigenvalue weighted by Crippen LogP contribution is -2.53. The third-order valence-corrected chi connectivity index (χ3v) is 11.7. The van der Waals surface area contributed by atoms with Crippen LogP contribution in [0.5, 0.6) is 0 Å². The predicted octanol–water partition coefficient (Wildman–Crippen LogP) is 6.32. The smallest absolute Gasteiger partial charge is 0.0652 e. The number of aliphatic hydroxyl groups excluding tert-OH is 3. The summed E-state index contributed by atoms with van der Waals surface area (Å²) in [5.41, 5.74) is 6.60. The molecule has 0 aromatic rings. The van der Waals surface area contributed by atoms with Crippen molar-refractivity contribution in [3.63, 3.8) is 0 Å². The molecule has 4 nitrogen and oxygen atoms in total. The second-order valence-electron chi connectivity index (χ2n) is 13.4. The summed E-state index contributed by atoms with van der Waals surface area (Å²) in [6, 6.07) is 0.0660. The summed E-state index contributed by atoms with van der Waals surface area (Å²) in [4.78, 5) is 0. The van der Waals surface area contributed by atoms with Crippen LogP contribution in [-0.2, 0) is 0 Å². The number of hydrogen-bond donors (Lipinski definition) is 4. The summed E-state index contributed by atoms with van der Waals surface area (Å²) in [7, 11) is 0. The van der Waals surface area contributed by atoms with Crippen LogP contribution in [0.2, 0.25) is 0 Å². The maximum atomic E-state index is 11.8. The molecule has 0 heterocycles. The minimum atomic E-state index is -0.629. The van der Waals surface area contributed by atoms with Crippen molar-refractivity contribution in [2.75, 3.05) is 6.61 Å². The maximum Gasteiger partial charge on any atom is 0.0652 e. The fourth-order valence-corrected chi connectivity index (χ4v) is 9.08. The molecule has 3 rings (SSSR count). The van der Waals surface area contributed by atoms with E-state index in [0.717, 1.165) is 37.5 Å². The Kier molecular flexibility index (Phi) is 11.4. The van der Waals surface area contributed by atoms with Crippen LogP contribution in [-0.4, -0.2) is 40.2 Å². The van der Waals surface area contributed by atoms with Gasteiger partial charge in [-0.2, -0.15) is 0 Å². The van der Waals surface area contributed by atoms with Crippen LogP contribution < -0.4 is 5.73 Å². The molecule has 0 radical (unpaired) electrons. The highest BCUT2D eigenvalue weighted by Crippen LogP contribution is 2.52. The van der Waals surface area contributed by atoms with Crippen molar-refractivity contribution in [1.82, 2.24) is 0 Å². The average molecular weight is 506 g/mol. The fraction of sp³-hybridized carbons (Fsp3) is 0.938. The molecule has 0 aromatic heterocycles. The Morgan fingerprint density at radius 2 is 1.78 bits per heavy atom. The second kappa shape index (κ2) is 13.6. The first kappa shape index (κ1) is 30.1. The van der Waals surface area contributed by atoms with E-state index < -0.39 is 17.6 Å². The Morgan fingerprint density at radius 1 is 1.06 bits per heavy atom. The number of aliphatic hydroxyl groups is 3. The Bertz CT molecular complexity index is 682. The van der Waals surface area contributed by atoms with Gasteiger partial charge in [0.25, 0.3) is 0 Å². The monoisotopic (exact) mass is 505 g/mol. The van der Waals surface area contributed by atoms with Gasteiger partial charge in [0.15, 0.2) is 0 Å². The van der Waals surface area contributed by atoms with E-state index in [1.54, 1.807) is 0 Å². The van der Waals surface area contributed by atoms with E-state index in [1.165, 1.54) is 44.9 Å². The zero-order valence-electron chi connectivity index (χ0n) is 24.1. The topological polar surface area (TPSA) is 86.7 Å². The number of rotatable bonds is 10. The largest absolute Gasteiger partial charge is 0.396 e. The van der Waals surface area contributed by atoms with Crippen molar-refractivity contribution in [3.8, 4) is 0 Å². The minimum absolute atomic E-state index is 0.0176. The van der Waals surface area contributed by atoms with E-state index in [4.69, 9.17) is 5.73 Å². The summed E-state index contributed by atoms with van der Waals surface area (Å²) in [5.74, 6) is 3.36. The molecule has 3 aliphatic carbocycles. The lowest BCUT2D eigenvalue weighted by Gasteiger charge is -2.50. The molecule has 3 fully saturated rings. The van der Waals surface area contributed by atoms with Gasteiger partial charge in [-0.05, 0) is 106 Å². The van der Waals surface area contributed by atoms with Gasteiger partial charge in [0, 0.05) is 18.1 Å². The summed E-state index contributed by atoms with van der Waals surface area (Å²) in [6.45, 7) is 10.7. The van der Waals surface area contributed by atoms with E-state index >= 15 is 0 Å². The van der Waals surface area contributed by atoms with Crippen LogP contribution in [0.25, 0.3) is 0 Å². The Hall–Kier alpha value is -0.420. The van der Waals surface area contributed by atoms with Gasteiger partial charge < -0.3 is 21.1 Å². The molecule has 0 bridgehead atoms. The third kappa shape index (κ3) is 6.24. The normalized spacial score (nSPS) is 42.5. The van der Waals surface area contributed by atoms with Crippen molar-refractivity contribution >= 4 is 0 Å². The third-order valence-electron chi connectivity index (χ3n) is 11.7. The van der Waals surface area contributed by atoms with Crippen LogP contribution in [0.3, 0.4) is 0 Å². The molecule has 210 valence electrons.